The Bertz CT molecular complexity index is 808. The average Bonchev–Trinajstić information content (AvgIpc) is 2.54. The lowest BCUT2D eigenvalue weighted by atomic mass is 10.2. The molecule has 9 heteroatoms. The Kier molecular flexibility index (Phi) is 4.92. The Morgan fingerprint density at radius 1 is 1.35 bits per heavy atom. The first kappa shape index (κ1) is 16.8. The summed E-state index contributed by atoms with van der Waals surface area (Å²) in [6.07, 6.45) is 3.13. The van der Waals surface area contributed by atoms with E-state index in [1.807, 2.05) is 0 Å². The summed E-state index contributed by atoms with van der Waals surface area (Å²) >= 11 is 0. The molecule has 0 unspecified atom stereocenters. The van der Waals surface area contributed by atoms with Gasteiger partial charge in [0, 0.05) is 24.5 Å². The molecule has 1 aromatic heterocycles. The highest BCUT2D eigenvalue weighted by Gasteiger charge is 2.23. The van der Waals surface area contributed by atoms with Gasteiger partial charge in [0.25, 0.3) is 0 Å². The van der Waals surface area contributed by atoms with Crippen molar-refractivity contribution in [1.29, 1.82) is 0 Å². The number of nitro benzene ring substituents is 1. The number of ether oxygens (including phenoxy) is 1. The van der Waals surface area contributed by atoms with Crippen LogP contribution in [0.4, 0.5) is 5.69 Å². The van der Waals surface area contributed by atoms with Crippen LogP contribution in [0, 0.1) is 10.1 Å². The third-order valence-corrected chi connectivity index (χ3v) is 4.71. The van der Waals surface area contributed by atoms with E-state index in [2.05, 4.69) is 9.71 Å². The van der Waals surface area contributed by atoms with Gasteiger partial charge in [-0.2, -0.15) is 0 Å². The number of hydrogen-bond acceptors (Lipinski definition) is 6. The maximum Gasteiger partial charge on any atom is 0.312 e. The van der Waals surface area contributed by atoms with Gasteiger partial charge < -0.3 is 4.74 Å². The SMILES string of the molecule is COc1ccc(S(=O)(=O)N[C@@H](C)c2cccnc2)cc1[N+](=O)[O-]. The van der Waals surface area contributed by atoms with Gasteiger partial charge >= 0.3 is 5.69 Å². The molecule has 0 bridgehead atoms. The second kappa shape index (κ2) is 6.71. The molecule has 0 radical (unpaired) electrons. The molecule has 0 aliphatic heterocycles. The third-order valence-electron chi connectivity index (χ3n) is 3.17. The number of hydrogen-bond donors (Lipinski definition) is 1. The molecule has 1 heterocycles. The smallest absolute Gasteiger partial charge is 0.312 e. The Hall–Kier alpha value is -2.52. The highest BCUT2D eigenvalue weighted by atomic mass is 32.2. The largest absolute Gasteiger partial charge is 0.490 e. The molecule has 0 aliphatic carbocycles. The molecule has 2 aromatic rings. The molecule has 1 atom stereocenters. The second-order valence-electron chi connectivity index (χ2n) is 4.72. The van der Waals surface area contributed by atoms with E-state index in [4.69, 9.17) is 4.74 Å². The average molecular weight is 337 g/mol. The normalized spacial score (nSPS) is 12.6. The van der Waals surface area contributed by atoms with Crippen LogP contribution in [0.3, 0.4) is 0 Å². The van der Waals surface area contributed by atoms with Gasteiger partial charge in [-0.3, -0.25) is 15.1 Å². The monoisotopic (exact) mass is 337 g/mol. The summed E-state index contributed by atoms with van der Waals surface area (Å²) in [4.78, 5) is 14.0. The van der Waals surface area contributed by atoms with Gasteiger partial charge in [-0.25, -0.2) is 13.1 Å². The van der Waals surface area contributed by atoms with Crippen molar-refractivity contribution < 1.29 is 18.1 Å². The summed E-state index contributed by atoms with van der Waals surface area (Å²) in [5.41, 5.74) is 0.267. The van der Waals surface area contributed by atoms with E-state index >= 15 is 0 Å². The number of pyridine rings is 1. The standard InChI is InChI=1S/C14H15N3O5S/c1-10(11-4-3-7-15-9-11)16-23(20,21)12-5-6-14(22-2)13(8-12)17(18)19/h3-10,16H,1-2H3/t10-/m0/s1. The Morgan fingerprint density at radius 2 is 2.09 bits per heavy atom. The molecule has 23 heavy (non-hydrogen) atoms. The molecule has 1 N–H and O–H groups in total. The van der Waals surface area contributed by atoms with Crippen LogP contribution in [0.15, 0.2) is 47.6 Å². The van der Waals surface area contributed by atoms with Gasteiger partial charge in [0.2, 0.25) is 10.0 Å². The van der Waals surface area contributed by atoms with Gasteiger partial charge in [-0.15, -0.1) is 0 Å². The van der Waals surface area contributed by atoms with Crippen LogP contribution >= 0.6 is 0 Å². The lowest BCUT2D eigenvalue weighted by Crippen LogP contribution is -2.27. The van der Waals surface area contributed by atoms with Crippen molar-refractivity contribution in [3.63, 3.8) is 0 Å². The van der Waals surface area contributed by atoms with Crippen LogP contribution in [0.2, 0.25) is 0 Å². The molecule has 0 saturated carbocycles. The van der Waals surface area contributed by atoms with E-state index in [0.29, 0.717) is 5.56 Å². The first-order valence-electron chi connectivity index (χ1n) is 6.60. The highest BCUT2D eigenvalue weighted by Crippen LogP contribution is 2.29. The number of sulfonamides is 1. The highest BCUT2D eigenvalue weighted by molar-refractivity contribution is 7.89. The summed E-state index contributed by atoms with van der Waals surface area (Å²) in [6.45, 7) is 1.66. The van der Waals surface area contributed by atoms with Crippen LogP contribution in [0.25, 0.3) is 0 Å². The van der Waals surface area contributed by atoms with E-state index in [9.17, 15) is 18.5 Å². The Morgan fingerprint density at radius 3 is 2.65 bits per heavy atom. The summed E-state index contributed by atoms with van der Waals surface area (Å²) in [7, 11) is -2.65. The number of nitrogens with zero attached hydrogens (tertiary/aromatic N) is 2. The van der Waals surface area contributed by atoms with Crippen molar-refractivity contribution in [3.8, 4) is 5.75 Å². The van der Waals surface area contributed by atoms with Crippen molar-refractivity contribution in [2.45, 2.75) is 17.9 Å². The molecular formula is C14H15N3O5S. The second-order valence-corrected chi connectivity index (χ2v) is 6.43. The lowest BCUT2D eigenvalue weighted by molar-refractivity contribution is -0.386. The minimum Gasteiger partial charge on any atom is -0.490 e. The molecule has 0 aliphatic rings. The predicted octanol–water partition coefficient (Wildman–Crippen LogP) is 2.04. The molecule has 0 spiro atoms. The quantitative estimate of drug-likeness (QED) is 0.638. The number of methoxy groups -OCH3 is 1. The van der Waals surface area contributed by atoms with Gasteiger partial charge in [-0.05, 0) is 30.7 Å². The fourth-order valence-corrected chi connectivity index (χ4v) is 3.23. The van der Waals surface area contributed by atoms with Crippen LogP contribution in [0.1, 0.15) is 18.5 Å². The van der Waals surface area contributed by atoms with E-state index in [0.717, 1.165) is 6.07 Å². The maximum atomic E-state index is 12.4. The van der Waals surface area contributed by atoms with Crippen molar-refractivity contribution >= 4 is 15.7 Å². The van der Waals surface area contributed by atoms with E-state index in [1.165, 1.54) is 19.2 Å². The van der Waals surface area contributed by atoms with Gasteiger partial charge in [-0.1, -0.05) is 6.07 Å². The Labute approximate surface area is 133 Å². The number of benzene rings is 1. The molecule has 0 saturated heterocycles. The molecule has 122 valence electrons. The van der Waals surface area contributed by atoms with Crippen molar-refractivity contribution in [2.24, 2.45) is 0 Å². The fourth-order valence-electron chi connectivity index (χ4n) is 1.98. The molecule has 0 fully saturated rings. The maximum absolute atomic E-state index is 12.4. The number of aromatic nitrogens is 1. The number of rotatable bonds is 6. The zero-order chi connectivity index (χ0) is 17.0. The molecule has 1 aromatic carbocycles. The molecular weight excluding hydrogens is 322 g/mol. The zero-order valence-electron chi connectivity index (χ0n) is 12.5. The van der Waals surface area contributed by atoms with E-state index in [-0.39, 0.29) is 10.6 Å². The van der Waals surface area contributed by atoms with Gasteiger partial charge in [0.15, 0.2) is 5.75 Å². The van der Waals surface area contributed by atoms with Gasteiger partial charge in [0.05, 0.1) is 16.9 Å². The molecule has 8 nitrogen and oxygen atoms in total. The third kappa shape index (κ3) is 3.82. The number of nitro groups is 1. The fraction of sp³-hybridized carbons (Fsp3) is 0.214. The Balaban J connectivity index is 2.33. The summed E-state index contributed by atoms with van der Waals surface area (Å²) < 4.78 is 32.1. The minimum absolute atomic E-state index is 0.00532. The van der Waals surface area contributed by atoms with Crippen LogP contribution < -0.4 is 9.46 Å². The first-order chi connectivity index (χ1) is 10.8. The van der Waals surface area contributed by atoms with Crippen LogP contribution in [-0.2, 0) is 10.0 Å². The summed E-state index contributed by atoms with van der Waals surface area (Å²) in [6, 6.07) is 6.37. The van der Waals surface area contributed by atoms with E-state index in [1.54, 1.807) is 31.5 Å². The van der Waals surface area contributed by atoms with Crippen molar-refractivity contribution in [3.05, 3.63) is 58.4 Å². The minimum atomic E-state index is -3.93. The topological polar surface area (TPSA) is 111 Å². The van der Waals surface area contributed by atoms with Gasteiger partial charge in [0.1, 0.15) is 0 Å². The van der Waals surface area contributed by atoms with Crippen molar-refractivity contribution in [1.82, 2.24) is 9.71 Å². The van der Waals surface area contributed by atoms with Crippen LogP contribution in [0.5, 0.6) is 5.75 Å². The zero-order valence-corrected chi connectivity index (χ0v) is 13.3. The predicted molar refractivity (Wildman–Crippen MR) is 82.6 cm³/mol. The first-order valence-corrected chi connectivity index (χ1v) is 8.08. The molecule has 2 rings (SSSR count). The van der Waals surface area contributed by atoms with E-state index < -0.39 is 26.7 Å². The summed E-state index contributed by atoms with van der Waals surface area (Å²) in [5.74, 6) is -0.00532. The summed E-state index contributed by atoms with van der Waals surface area (Å²) in [5, 5.41) is 11.0. The molecule has 0 amide bonds. The van der Waals surface area contributed by atoms with Crippen molar-refractivity contribution in [2.75, 3.05) is 7.11 Å². The number of nitrogens with one attached hydrogen (secondary N) is 1. The van der Waals surface area contributed by atoms with Crippen LogP contribution in [-0.4, -0.2) is 25.4 Å². The lowest BCUT2D eigenvalue weighted by Gasteiger charge is -2.14.